The molecule has 0 atom stereocenters. The molecule has 1 amide bonds. The summed E-state index contributed by atoms with van der Waals surface area (Å²) in [5.74, 6) is 0.273. The zero-order valence-corrected chi connectivity index (χ0v) is 14.0. The molecule has 0 bridgehead atoms. The van der Waals surface area contributed by atoms with Gasteiger partial charge in [0.05, 0.1) is 12.1 Å². The van der Waals surface area contributed by atoms with Crippen molar-refractivity contribution in [2.45, 2.75) is 19.8 Å². The molecular formula is C17H20ClN3O2. The summed E-state index contributed by atoms with van der Waals surface area (Å²) >= 11 is 6.05. The SMILES string of the molecule is CCCCNc1ccnc(C(=O)Nc2ccc(OC)c(Cl)c2)c1. The van der Waals surface area contributed by atoms with Crippen molar-refractivity contribution >= 4 is 28.9 Å². The Morgan fingerprint density at radius 2 is 2.09 bits per heavy atom. The Balaban J connectivity index is 2.05. The number of halogens is 1. The van der Waals surface area contributed by atoms with Gasteiger partial charge in [0.25, 0.3) is 5.91 Å². The van der Waals surface area contributed by atoms with Crippen LogP contribution in [0.5, 0.6) is 5.75 Å². The second kappa shape index (κ2) is 8.39. The number of nitrogens with zero attached hydrogens (tertiary/aromatic N) is 1. The largest absolute Gasteiger partial charge is 0.495 e. The molecule has 0 spiro atoms. The first-order chi connectivity index (χ1) is 11.1. The fraction of sp³-hybridized carbons (Fsp3) is 0.294. The fourth-order valence-corrected chi connectivity index (χ4v) is 2.27. The van der Waals surface area contributed by atoms with E-state index in [2.05, 4.69) is 22.5 Å². The maximum absolute atomic E-state index is 12.3. The van der Waals surface area contributed by atoms with Gasteiger partial charge in [-0.1, -0.05) is 24.9 Å². The highest BCUT2D eigenvalue weighted by Crippen LogP contribution is 2.27. The molecule has 0 saturated carbocycles. The molecule has 122 valence electrons. The molecular weight excluding hydrogens is 314 g/mol. The lowest BCUT2D eigenvalue weighted by Crippen LogP contribution is -2.14. The van der Waals surface area contributed by atoms with Gasteiger partial charge in [-0.15, -0.1) is 0 Å². The quantitative estimate of drug-likeness (QED) is 0.745. The number of pyridine rings is 1. The lowest BCUT2D eigenvalue weighted by Gasteiger charge is -2.09. The van der Waals surface area contributed by atoms with Gasteiger partial charge in [0, 0.05) is 24.1 Å². The molecule has 0 aliphatic carbocycles. The Bertz CT molecular complexity index is 677. The number of carbonyl (C=O) groups excluding carboxylic acids is 1. The summed E-state index contributed by atoms with van der Waals surface area (Å²) in [5, 5.41) is 6.49. The summed E-state index contributed by atoms with van der Waals surface area (Å²) < 4.78 is 5.09. The zero-order valence-electron chi connectivity index (χ0n) is 13.2. The molecule has 0 radical (unpaired) electrons. The number of benzene rings is 1. The predicted molar refractivity (Wildman–Crippen MR) is 93.6 cm³/mol. The Hall–Kier alpha value is -2.27. The van der Waals surface area contributed by atoms with E-state index >= 15 is 0 Å². The van der Waals surface area contributed by atoms with E-state index in [0.29, 0.717) is 22.2 Å². The van der Waals surface area contributed by atoms with Gasteiger partial charge in [0.15, 0.2) is 0 Å². The van der Waals surface area contributed by atoms with Crippen LogP contribution in [0, 0.1) is 0 Å². The van der Waals surface area contributed by atoms with Crippen molar-refractivity contribution in [1.29, 1.82) is 0 Å². The van der Waals surface area contributed by atoms with Crippen LogP contribution in [0.2, 0.25) is 5.02 Å². The van der Waals surface area contributed by atoms with E-state index in [1.54, 1.807) is 37.6 Å². The van der Waals surface area contributed by atoms with Gasteiger partial charge >= 0.3 is 0 Å². The molecule has 2 N–H and O–H groups in total. The normalized spacial score (nSPS) is 10.2. The summed E-state index contributed by atoms with van der Waals surface area (Å²) in [6.45, 7) is 3.00. The molecule has 0 saturated heterocycles. The van der Waals surface area contributed by atoms with E-state index in [9.17, 15) is 4.79 Å². The minimum atomic E-state index is -0.287. The molecule has 0 aliphatic rings. The topological polar surface area (TPSA) is 63.2 Å². The van der Waals surface area contributed by atoms with E-state index in [1.807, 2.05) is 6.07 Å². The second-order valence-corrected chi connectivity index (χ2v) is 5.42. The first-order valence-electron chi connectivity index (χ1n) is 7.49. The number of unbranched alkanes of at least 4 members (excludes halogenated alkanes) is 1. The molecule has 0 unspecified atom stereocenters. The number of methoxy groups -OCH3 is 1. The minimum absolute atomic E-state index is 0.287. The Labute approximate surface area is 141 Å². The number of carbonyl (C=O) groups is 1. The first-order valence-corrected chi connectivity index (χ1v) is 7.86. The number of nitrogens with one attached hydrogen (secondary N) is 2. The van der Waals surface area contributed by atoms with Crippen LogP contribution in [-0.4, -0.2) is 24.5 Å². The number of hydrogen-bond acceptors (Lipinski definition) is 4. The van der Waals surface area contributed by atoms with Gasteiger partial charge in [-0.25, -0.2) is 0 Å². The second-order valence-electron chi connectivity index (χ2n) is 5.01. The smallest absolute Gasteiger partial charge is 0.274 e. The van der Waals surface area contributed by atoms with Crippen molar-refractivity contribution in [3.05, 3.63) is 47.2 Å². The number of amides is 1. The summed E-state index contributed by atoms with van der Waals surface area (Å²) in [6, 6.07) is 8.65. The lowest BCUT2D eigenvalue weighted by atomic mass is 10.2. The third-order valence-corrected chi connectivity index (χ3v) is 3.56. The van der Waals surface area contributed by atoms with Crippen LogP contribution < -0.4 is 15.4 Å². The van der Waals surface area contributed by atoms with E-state index in [1.165, 1.54) is 0 Å². The highest BCUT2D eigenvalue weighted by Gasteiger charge is 2.10. The summed E-state index contributed by atoms with van der Waals surface area (Å²) in [5.41, 5.74) is 1.82. The van der Waals surface area contributed by atoms with Crippen LogP contribution in [0.25, 0.3) is 0 Å². The summed E-state index contributed by atoms with van der Waals surface area (Å²) in [7, 11) is 1.54. The van der Waals surface area contributed by atoms with Crippen molar-refractivity contribution in [2.24, 2.45) is 0 Å². The van der Waals surface area contributed by atoms with Crippen LogP contribution in [0.15, 0.2) is 36.5 Å². The molecule has 1 heterocycles. The average Bonchev–Trinajstić information content (AvgIpc) is 2.55. The minimum Gasteiger partial charge on any atom is -0.495 e. The third-order valence-electron chi connectivity index (χ3n) is 3.26. The number of aromatic nitrogens is 1. The van der Waals surface area contributed by atoms with Crippen molar-refractivity contribution in [2.75, 3.05) is 24.3 Å². The van der Waals surface area contributed by atoms with Gasteiger partial charge in [-0.3, -0.25) is 9.78 Å². The maximum atomic E-state index is 12.3. The maximum Gasteiger partial charge on any atom is 0.274 e. The van der Waals surface area contributed by atoms with Crippen molar-refractivity contribution in [3.8, 4) is 5.75 Å². The van der Waals surface area contributed by atoms with Gasteiger partial charge < -0.3 is 15.4 Å². The molecule has 5 nitrogen and oxygen atoms in total. The molecule has 0 fully saturated rings. The van der Waals surface area contributed by atoms with Crippen molar-refractivity contribution < 1.29 is 9.53 Å². The average molecular weight is 334 g/mol. The van der Waals surface area contributed by atoms with Crippen LogP contribution in [0.1, 0.15) is 30.3 Å². The molecule has 2 aromatic rings. The number of anilines is 2. The van der Waals surface area contributed by atoms with Crippen LogP contribution in [-0.2, 0) is 0 Å². The van der Waals surface area contributed by atoms with Gasteiger partial charge in [0.1, 0.15) is 11.4 Å². The standard InChI is InChI=1S/C17H20ClN3O2/c1-3-4-8-19-12-7-9-20-15(11-12)17(22)21-13-5-6-16(23-2)14(18)10-13/h5-7,9-11H,3-4,8H2,1-2H3,(H,19,20)(H,21,22). The van der Waals surface area contributed by atoms with Crippen LogP contribution in [0.3, 0.4) is 0 Å². The molecule has 0 aliphatic heterocycles. The molecule has 6 heteroatoms. The van der Waals surface area contributed by atoms with Gasteiger partial charge in [0.2, 0.25) is 0 Å². The van der Waals surface area contributed by atoms with Crippen molar-refractivity contribution in [1.82, 2.24) is 4.98 Å². The van der Waals surface area contributed by atoms with E-state index in [0.717, 1.165) is 25.1 Å². The highest BCUT2D eigenvalue weighted by molar-refractivity contribution is 6.32. The Morgan fingerprint density at radius 1 is 1.26 bits per heavy atom. The number of hydrogen-bond donors (Lipinski definition) is 2. The van der Waals surface area contributed by atoms with Crippen LogP contribution in [0.4, 0.5) is 11.4 Å². The number of ether oxygens (including phenoxy) is 1. The fourth-order valence-electron chi connectivity index (χ4n) is 2.01. The monoisotopic (exact) mass is 333 g/mol. The van der Waals surface area contributed by atoms with Gasteiger partial charge in [-0.05, 0) is 36.8 Å². The summed E-state index contributed by atoms with van der Waals surface area (Å²) in [6.07, 6.45) is 3.81. The predicted octanol–water partition coefficient (Wildman–Crippen LogP) is 4.21. The van der Waals surface area contributed by atoms with E-state index in [-0.39, 0.29) is 5.91 Å². The van der Waals surface area contributed by atoms with Crippen molar-refractivity contribution in [3.63, 3.8) is 0 Å². The van der Waals surface area contributed by atoms with E-state index in [4.69, 9.17) is 16.3 Å². The zero-order chi connectivity index (χ0) is 16.7. The number of rotatable bonds is 7. The Kier molecular flexibility index (Phi) is 6.23. The summed E-state index contributed by atoms with van der Waals surface area (Å²) in [4.78, 5) is 16.4. The molecule has 2 rings (SSSR count). The lowest BCUT2D eigenvalue weighted by molar-refractivity contribution is 0.102. The first kappa shape index (κ1) is 17.1. The molecule has 23 heavy (non-hydrogen) atoms. The van der Waals surface area contributed by atoms with Gasteiger partial charge in [-0.2, -0.15) is 0 Å². The molecule has 1 aromatic carbocycles. The Morgan fingerprint density at radius 3 is 2.78 bits per heavy atom. The molecule has 1 aromatic heterocycles. The highest BCUT2D eigenvalue weighted by atomic mass is 35.5. The third kappa shape index (κ3) is 4.86. The van der Waals surface area contributed by atoms with E-state index < -0.39 is 0 Å². The van der Waals surface area contributed by atoms with Crippen LogP contribution >= 0.6 is 11.6 Å².